The quantitative estimate of drug-likeness (QED) is 0.815. The van der Waals surface area contributed by atoms with E-state index >= 15 is 0 Å². The molecule has 1 aromatic rings. The highest BCUT2D eigenvalue weighted by molar-refractivity contribution is 6.30. The number of halogens is 1. The summed E-state index contributed by atoms with van der Waals surface area (Å²) in [6, 6.07) is 5.41. The number of carboxylic acids is 1. The molecule has 2 rings (SSSR count). The molecule has 0 radical (unpaired) electrons. The molecular weight excluding hydrogens is 200 g/mol. The van der Waals surface area contributed by atoms with Gasteiger partial charge in [-0.3, -0.25) is 4.79 Å². The maximum atomic E-state index is 11.1. The summed E-state index contributed by atoms with van der Waals surface area (Å²) in [5.41, 5.74) is 1.26. The molecule has 1 fully saturated rings. The summed E-state index contributed by atoms with van der Waals surface area (Å²) >= 11 is 5.82. The summed E-state index contributed by atoms with van der Waals surface area (Å²) < 4.78 is 0. The molecule has 1 aromatic carbocycles. The van der Waals surface area contributed by atoms with Gasteiger partial charge in [-0.05, 0) is 43.0 Å². The van der Waals surface area contributed by atoms with Gasteiger partial charge in [0.15, 0.2) is 0 Å². The average molecular weight is 211 g/mol. The molecule has 0 bridgehead atoms. The van der Waals surface area contributed by atoms with E-state index in [1.165, 1.54) is 0 Å². The van der Waals surface area contributed by atoms with Gasteiger partial charge >= 0.3 is 5.97 Å². The standard InChI is InChI=1S/C11H11ClO2/c1-7-6-8(12)2-3-9(7)11(4-5-11)10(13)14/h2-3,6H,4-5H2,1H3,(H,13,14). The Bertz CT molecular complexity index is 394. The molecule has 3 heteroatoms. The van der Waals surface area contributed by atoms with Gasteiger partial charge in [0.2, 0.25) is 0 Å². The fourth-order valence-corrected chi connectivity index (χ4v) is 2.11. The molecule has 0 saturated heterocycles. The highest BCUT2D eigenvalue weighted by Crippen LogP contribution is 2.49. The second-order valence-corrected chi connectivity index (χ2v) is 4.28. The Kier molecular flexibility index (Phi) is 2.04. The third-order valence-electron chi connectivity index (χ3n) is 2.86. The number of rotatable bonds is 2. The fraction of sp³-hybridized carbons (Fsp3) is 0.364. The van der Waals surface area contributed by atoms with Crippen molar-refractivity contribution in [2.45, 2.75) is 25.2 Å². The Morgan fingerprint density at radius 1 is 1.50 bits per heavy atom. The van der Waals surface area contributed by atoms with Crippen molar-refractivity contribution in [3.05, 3.63) is 34.3 Å². The maximum absolute atomic E-state index is 11.1. The topological polar surface area (TPSA) is 37.3 Å². The Morgan fingerprint density at radius 2 is 2.14 bits per heavy atom. The van der Waals surface area contributed by atoms with Crippen LogP contribution >= 0.6 is 11.6 Å². The lowest BCUT2D eigenvalue weighted by Crippen LogP contribution is -2.20. The van der Waals surface area contributed by atoms with E-state index in [2.05, 4.69) is 0 Å². The first-order valence-electron chi connectivity index (χ1n) is 4.56. The lowest BCUT2D eigenvalue weighted by molar-refractivity contribution is -0.140. The van der Waals surface area contributed by atoms with Crippen molar-refractivity contribution in [2.75, 3.05) is 0 Å². The van der Waals surface area contributed by atoms with Crippen molar-refractivity contribution in [2.24, 2.45) is 0 Å². The zero-order valence-corrected chi connectivity index (χ0v) is 8.64. The molecule has 1 N–H and O–H groups in total. The molecule has 1 saturated carbocycles. The number of carbonyl (C=O) groups is 1. The first kappa shape index (κ1) is 9.53. The van der Waals surface area contributed by atoms with Crippen LogP contribution in [0.1, 0.15) is 24.0 Å². The molecule has 0 aromatic heterocycles. The van der Waals surface area contributed by atoms with E-state index in [4.69, 9.17) is 16.7 Å². The summed E-state index contributed by atoms with van der Waals surface area (Å²) in [6.45, 7) is 1.91. The van der Waals surface area contributed by atoms with Crippen LogP contribution in [0.3, 0.4) is 0 Å². The number of aryl methyl sites for hydroxylation is 1. The molecule has 0 amide bonds. The first-order valence-corrected chi connectivity index (χ1v) is 4.94. The predicted octanol–water partition coefficient (Wildman–Crippen LogP) is 2.76. The van der Waals surface area contributed by atoms with E-state index < -0.39 is 11.4 Å². The third-order valence-corrected chi connectivity index (χ3v) is 3.10. The summed E-state index contributed by atoms with van der Waals surface area (Å²) in [5.74, 6) is -0.720. The van der Waals surface area contributed by atoms with Gasteiger partial charge in [-0.2, -0.15) is 0 Å². The minimum absolute atomic E-state index is 0.616. The van der Waals surface area contributed by atoms with Crippen molar-refractivity contribution in [1.29, 1.82) is 0 Å². The van der Waals surface area contributed by atoms with Crippen LogP contribution in [0.15, 0.2) is 18.2 Å². The smallest absolute Gasteiger partial charge is 0.314 e. The Labute approximate surface area is 87.5 Å². The van der Waals surface area contributed by atoms with Crippen LogP contribution in [0.4, 0.5) is 0 Å². The van der Waals surface area contributed by atoms with Gasteiger partial charge in [-0.15, -0.1) is 0 Å². The molecule has 74 valence electrons. The lowest BCUT2D eigenvalue weighted by Gasteiger charge is -2.13. The Hall–Kier alpha value is -1.02. The van der Waals surface area contributed by atoms with E-state index in [9.17, 15) is 4.79 Å². The second kappa shape index (κ2) is 2.99. The normalized spacial score (nSPS) is 17.9. The lowest BCUT2D eigenvalue weighted by atomic mass is 9.92. The van der Waals surface area contributed by atoms with Gasteiger partial charge in [0.05, 0.1) is 5.41 Å². The highest BCUT2D eigenvalue weighted by atomic mass is 35.5. The molecule has 1 aliphatic rings. The van der Waals surface area contributed by atoms with Crippen LogP contribution in [-0.2, 0) is 10.2 Å². The fourth-order valence-electron chi connectivity index (χ4n) is 1.89. The van der Waals surface area contributed by atoms with Crippen molar-refractivity contribution in [3.63, 3.8) is 0 Å². The summed E-state index contributed by atoms with van der Waals surface area (Å²) in [7, 11) is 0. The molecule has 0 spiro atoms. The van der Waals surface area contributed by atoms with Crippen LogP contribution in [0.2, 0.25) is 5.02 Å². The number of carboxylic acid groups (broad SMARTS) is 1. The summed E-state index contributed by atoms with van der Waals surface area (Å²) in [5, 5.41) is 9.78. The van der Waals surface area contributed by atoms with Crippen molar-refractivity contribution in [3.8, 4) is 0 Å². The van der Waals surface area contributed by atoms with E-state index in [0.29, 0.717) is 5.02 Å². The Morgan fingerprint density at radius 3 is 2.57 bits per heavy atom. The molecule has 0 atom stereocenters. The van der Waals surface area contributed by atoms with Crippen LogP contribution < -0.4 is 0 Å². The number of benzene rings is 1. The van der Waals surface area contributed by atoms with Crippen LogP contribution in [-0.4, -0.2) is 11.1 Å². The molecule has 2 nitrogen and oxygen atoms in total. The van der Waals surface area contributed by atoms with Gasteiger partial charge in [-0.1, -0.05) is 17.7 Å². The third kappa shape index (κ3) is 1.30. The van der Waals surface area contributed by atoms with Gasteiger partial charge in [0, 0.05) is 5.02 Å². The van der Waals surface area contributed by atoms with Gasteiger partial charge in [-0.25, -0.2) is 0 Å². The van der Waals surface area contributed by atoms with Gasteiger partial charge in [0.25, 0.3) is 0 Å². The monoisotopic (exact) mass is 210 g/mol. The molecule has 14 heavy (non-hydrogen) atoms. The molecule has 0 unspecified atom stereocenters. The Balaban J connectivity index is 2.47. The molecule has 1 aliphatic carbocycles. The minimum atomic E-state index is -0.720. The number of aliphatic carboxylic acids is 1. The van der Waals surface area contributed by atoms with Crippen LogP contribution in [0.25, 0.3) is 0 Å². The zero-order valence-electron chi connectivity index (χ0n) is 7.88. The van der Waals surface area contributed by atoms with Crippen LogP contribution in [0.5, 0.6) is 0 Å². The highest BCUT2D eigenvalue weighted by Gasteiger charge is 2.52. The van der Waals surface area contributed by atoms with Crippen molar-refractivity contribution < 1.29 is 9.90 Å². The first-order chi connectivity index (χ1) is 6.56. The SMILES string of the molecule is Cc1cc(Cl)ccc1C1(C(=O)O)CC1. The average Bonchev–Trinajstić information content (AvgIpc) is 2.84. The molecular formula is C11H11ClO2. The minimum Gasteiger partial charge on any atom is -0.481 e. The largest absolute Gasteiger partial charge is 0.481 e. The second-order valence-electron chi connectivity index (χ2n) is 3.85. The van der Waals surface area contributed by atoms with E-state index in [0.717, 1.165) is 24.0 Å². The van der Waals surface area contributed by atoms with E-state index in [-0.39, 0.29) is 0 Å². The van der Waals surface area contributed by atoms with E-state index in [1.54, 1.807) is 6.07 Å². The van der Waals surface area contributed by atoms with Crippen LogP contribution in [0, 0.1) is 6.92 Å². The number of hydrogen-bond donors (Lipinski definition) is 1. The molecule has 0 aliphatic heterocycles. The zero-order chi connectivity index (χ0) is 10.3. The number of hydrogen-bond acceptors (Lipinski definition) is 1. The van der Waals surface area contributed by atoms with Gasteiger partial charge < -0.3 is 5.11 Å². The van der Waals surface area contributed by atoms with E-state index in [1.807, 2.05) is 19.1 Å². The molecule has 0 heterocycles. The summed E-state index contributed by atoms with van der Waals surface area (Å²) in [6.07, 6.45) is 1.48. The predicted molar refractivity (Wildman–Crippen MR) is 54.7 cm³/mol. The van der Waals surface area contributed by atoms with Crippen molar-refractivity contribution >= 4 is 17.6 Å². The maximum Gasteiger partial charge on any atom is 0.314 e. The van der Waals surface area contributed by atoms with Gasteiger partial charge in [0.1, 0.15) is 0 Å². The van der Waals surface area contributed by atoms with Crippen molar-refractivity contribution in [1.82, 2.24) is 0 Å². The summed E-state index contributed by atoms with van der Waals surface area (Å²) in [4.78, 5) is 11.1.